The van der Waals surface area contributed by atoms with Gasteiger partial charge in [-0.15, -0.1) is 16.8 Å². The molecule has 0 atom stereocenters. The number of rotatable bonds is 6. The Morgan fingerprint density at radius 2 is 1.94 bits per heavy atom. The summed E-state index contributed by atoms with van der Waals surface area (Å²) in [6, 6.07) is 14.7. The monoisotopic (exact) mass is 450 g/mol. The summed E-state index contributed by atoms with van der Waals surface area (Å²) in [7, 11) is 0. The Bertz CT molecular complexity index is 1490. The molecule has 31 heavy (non-hydrogen) atoms. The molecule has 0 spiro atoms. The summed E-state index contributed by atoms with van der Waals surface area (Å²) in [5.41, 5.74) is 1.29. The van der Waals surface area contributed by atoms with Gasteiger partial charge in [0.1, 0.15) is 0 Å². The van der Waals surface area contributed by atoms with Gasteiger partial charge in [-0.1, -0.05) is 58.9 Å². The van der Waals surface area contributed by atoms with E-state index in [1.54, 1.807) is 22.8 Å². The third-order valence-electron chi connectivity index (χ3n) is 4.69. The van der Waals surface area contributed by atoms with Gasteiger partial charge in [0.15, 0.2) is 11.0 Å². The molecule has 3 heterocycles. The molecule has 3 aromatic heterocycles. The average Bonchev–Trinajstić information content (AvgIpc) is 3.43. The first-order chi connectivity index (χ1) is 15.2. The predicted molar refractivity (Wildman–Crippen MR) is 119 cm³/mol. The summed E-state index contributed by atoms with van der Waals surface area (Å²) in [5, 5.41) is 14.3. The van der Waals surface area contributed by atoms with Gasteiger partial charge in [0, 0.05) is 6.54 Å². The minimum absolute atomic E-state index is 0.130. The minimum Gasteiger partial charge on any atom is -0.334 e. The number of nitrogens with zero attached hydrogens (tertiary/aromatic N) is 6. The van der Waals surface area contributed by atoms with Crippen molar-refractivity contribution in [1.29, 1.82) is 0 Å². The molecular weight excluding hydrogens is 436 g/mol. The van der Waals surface area contributed by atoms with Gasteiger partial charge < -0.3 is 4.52 Å². The largest absolute Gasteiger partial charge is 0.334 e. The first-order valence-electron chi connectivity index (χ1n) is 9.35. The Morgan fingerprint density at radius 1 is 1.13 bits per heavy atom. The highest BCUT2D eigenvalue weighted by atomic mass is 35.5. The third kappa shape index (κ3) is 3.41. The molecule has 0 saturated carbocycles. The lowest BCUT2D eigenvalue weighted by molar-refractivity contribution is 0.425. The van der Waals surface area contributed by atoms with Crippen LogP contribution in [0.4, 0.5) is 0 Å². The molecule has 0 saturated heterocycles. The first-order valence-corrected chi connectivity index (χ1v) is 10.7. The molecule has 0 bridgehead atoms. The zero-order chi connectivity index (χ0) is 21.4. The minimum atomic E-state index is -0.130. The molecule has 5 rings (SSSR count). The first kappa shape index (κ1) is 19.5. The maximum atomic E-state index is 12.9. The van der Waals surface area contributed by atoms with Crippen molar-refractivity contribution in [3.05, 3.63) is 82.4 Å². The number of fused-ring (bicyclic) bond motifs is 3. The molecule has 0 N–H and O–H groups in total. The van der Waals surface area contributed by atoms with Crippen molar-refractivity contribution in [3.8, 4) is 11.5 Å². The van der Waals surface area contributed by atoms with Gasteiger partial charge in [0.05, 0.1) is 27.2 Å². The lowest BCUT2D eigenvalue weighted by Crippen LogP contribution is -2.22. The highest BCUT2D eigenvalue weighted by molar-refractivity contribution is 7.98. The number of hydrogen-bond acceptors (Lipinski definition) is 7. The van der Waals surface area contributed by atoms with Crippen LogP contribution >= 0.6 is 23.4 Å². The van der Waals surface area contributed by atoms with Gasteiger partial charge in [0.25, 0.3) is 11.4 Å². The molecule has 0 fully saturated rings. The molecule has 10 heteroatoms. The van der Waals surface area contributed by atoms with Crippen LogP contribution in [0.1, 0.15) is 5.82 Å². The van der Waals surface area contributed by atoms with E-state index in [1.165, 1.54) is 11.8 Å². The Kier molecular flexibility index (Phi) is 5.05. The molecule has 8 nitrogen and oxygen atoms in total. The zero-order valence-corrected chi connectivity index (χ0v) is 17.7. The standard InChI is InChI=1S/C21H15ClN6O2S/c1-2-11-27-19(29)14-8-4-6-10-16(14)28-20(27)24-25-21(28)31-12-17-23-18(30-26-17)13-7-3-5-9-15(13)22/h2-10H,1,11-12H2. The van der Waals surface area contributed by atoms with E-state index in [0.29, 0.717) is 50.9 Å². The van der Waals surface area contributed by atoms with E-state index in [9.17, 15) is 4.79 Å². The quantitative estimate of drug-likeness (QED) is 0.282. The number of hydrogen-bond donors (Lipinski definition) is 0. The highest BCUT2D eigenvalue weighted by Gasteiger charge is 2.18. The molecule has 0 aliphatic rings. The van der Waals surface area contributed by atoms with Crippen molar-refractivity contribution in [2.24, 2.45) is 0 Å². The second-order valence-electron chi connectivity index (χ2n) is 6.62. The summed E-state index contributed by atoms with van der Waals surface area (Å²) in [5.74, 6) is 1.72. The Morgan fingerprint density at radius 3 is 2.77 bits per heavy atom. The Balaban J connectivity index is 1.52. The fourth-order valence-corrected chi connectivity index (χ4v) is 4.31. The lowest BCUT2D eigenvalue weighted by Gasteiger charge is -2.09. The fourth-order valence-electron chi connectivity index (χ4n) is 3.31. The number of para-hydroxylation sites is 1. The zero-order valence-electron chi connectivity index (χ0n) is 16.1. The van der Waals surface area contributed by atoms with Crippen molar-refractivity contribution >= 4 is 40.0 Å². The molecule has 0 radical (unpaired) electrons. The summed E-state index contributed by atoms with van der Waals surface area (Å²) >= 11 is 7.61. The molecule has 5 aromatic rings. The number of halogens is 1. The van der Waals surface area contributed by atoms with E-state index in [-0.39, 0.29) is 5.56 Å². The van der Waals surface area contributed by atoms with Crippen LogP contribution in [0.5, 0.6) is 0 Å². The molecular formula is C21H15ClN6O2S. The second kappa shape index (κ2) is 8.01. The van der Waals surface area contributed by atoms with Gasteiger partial charge in [-0.05, 0) is 24.3 Å². The second-order valence-corrected chi connectivity index (χ2v) is 7.97. The number of allylic oxidation sites excluding steroid dienone is 1. The Labute approximate surface area is 185 Å². The van der Waals surface area contributed by atoms with Crippen LogP contribution in [-0.2, 0) is 12.3 Å². The Hall–Kier alpha value is -3.43. The summed E-state index contributed by atoms with van der Waals surface area (Å²) in [4.78, 5) is 17.3. The van der Waals surface area contributed by atoms with Gasteiger partial charge in [-0.3, -0.25) is 13.8 Å². The van der Waals surface area contributed by atoms with Gasteiger partial charge >= 0.3 is 0 Å². The highest BCUT2D eigenvalue weighted by Crippen LogP contribution is 2.28. The van der Waals surface area contributed by atoms with Crippen LogP contribution < -0.4 is 5.56 Å². The number of thioether (sulfide) groups is 1. The van der Waals surface area contributed by atoms with E-state index in [1.807, 2.05) is 40.8 Å². The van der Waals surface area contributed by atoms with E-state index in [2.05, 4.69) is 26.9 Å². The number of aromatic nitrogens is 6. The van der Waals surface area contributed by atoms with Crippen molar-refractivity contribution in [1.82, 2.24) is 29.3 Å². The normalized spacial score (nSPS) is 11.4. The van der Waals surface area contributed by atoms with E-state index in [0.717, 1.165) is 5.52 Å². The molecule has 0 aliphatic heterocycles. The van der Waals surface area contributed by atoms with Crippen LogP contribution in [0.2, 0.25) is 5.02 Å². The van der Waals surface area contributed by atoms with Crippen LogP contribution in [0.3, 0.4) is 0 Å². The summed E-state index contributed by atoms with van der Waals surface area (Å²) in [6.45, 7) is 4.08. The molecule has 2 aromatic carbocycles. The van der Waals surface area contributed by atoms with Gasteiger partial charge in [0.2, 0.25) is 5.78 Å². The van der Waals surface area contributed by atoms with Crippen molar-refractivity contribution in [2.75, 3.05) is 0 Å². The molecule has 154 valence electrons. The van der Waals surface area contributed by atoms with Crippen molar-refractivity contribution in [2.45, 2.75) is 17.5 Å². The molecule has 0 unspecified atom stereocenters. The van der Waals surface area contributed by atoms with Crippen LogP contribution in [-0.4, -0.2) is 29.3 Å². The van der Waals surface area contributed by atoms with E-state index >= 15 is 0 Å². The van der Waals surface area contributed by atoms with E-state index in [4.69, 9.17) is 16.1 Å². The maximum absolute atomic E-state index is 12.9. The van der Waals surface area contributed by atoms with Gasteiger partial charge in [-0.2, -0.15) is 4.98 Å². The van der Waals surface area contributed by atoms with E-state index < -0.39 is 0 Å². The average molecular weight is 451 g/mol. The van der Waals surface area contributed by atoms with Crippen LogP contribution in [0, 0.1) is 0 Å². The fraction of sp³-hybridized carbons (Fsp3) is 0.0952. The SMILES string of the molecule is C=CCn1c(=O)c2ccccc2n2c(SCc3noc(-c4ccccc4Cl)n3)nnc12. The van der Waals surface area contributed by atoms with Crippen LogP contribution in [0.25, 0.3) is 28.1 Å². The van der Waals surface area contributed by atoms with Crippen LogP contribution in [0.15, 0.2) is 75.7 Å². The maximum Gasteiger partial charge on any atom is 0.263 e. The molecule has 0 amide bonds. The smallest absolute Gasteiger partial charge is 0.263 e. The third-order valence-corrected chi connectivity index (χ3v) is 5.95. The summed E-state index contributed by atoms with van der Waals surface area (Å²) in [6.07, 6.45) is 1.66. The van der Waals surface area contributed by atoms with Crippen molar-refractivity contribution in [3.63, 3.8) is 0 Å². The van der Waals surface area contributed by atoms with Gasteiger partial charge in [-0.25, -0.2) is 0 Å². The summed E-state index contributed by atoms with van der Waals surface area (Å²) < 4.78 is 8.78. The lowest BCUT2D eigenvalue weighted by atomic mass is 10.2. The van der Waals surface area contributed by atoms with Crippen molar-refractivity contribution < 1.29 is 4.52 Å². The predicted octanol–water partition coefficient (Wildman–Crippen LogP) is 4.23. The molecule has 0 aliphatic carbocycles. The topological polar surface area (TPSA) is 91.1 Å². The number of benzene rings is 2.